The first-order valence-corrected chi connectivity index (χ1v) is 8.19. The number of amides is 2. The fourth-order valence-corrected chi connectivity index (χ4v) is 2.87. The van der Waals surface area contributed by atoms with Gasteiger partial charge in [0.2, 0.25) is 5.91 Å². The van der Waals surface area contributed by atoms with E-state index in [0.29, 0.717) is 30.5 Å². The molecule has 2 amide bonds. The van der Waals surface area contributed by atoms with Crippen LogP contribution >= 0.6 is 11.6 Å². The van der Waals surface area contributed by atoms with Gasteiger partial charge in [-0.25, -0.2) is 0 Å². The second-order valence-electron chi connectivity index (χ2n) is 5.74. The Kier molecular flexibility index (Phi) is 6.49. The molecule has 1 unspecified atom stereocenters. The van der Waals surface area contributed by atoms with E-state index in [1.807, 2.05) is 17.0 Å². The van der Waals surface area contributed by atoms with Gasteiger partial charge < -0.3 is 10.2 Å². The lowest BCUT2D eigenvalue weighted by atomic mass is 9.97. The number of carbonyl (C=O) groups excluding carboxylic acids is 2. The summed E-state index contributed by atoms with van der Waals surface area (Å²) >= 11 is 5.86. The zero-order valence-electron chi connectivity index (χ0n) is 13.3. The second kappa shape index (κ2) is 8.59. The minimum Gasteiger partial charge on any atom is -0.345 e. The van der Waals surface area contributed by atoms with Crippen molar-refractivity contribution in [3.8, 4) is 11.8 Å². The molecule has 0 spiro atoms. The number of hydrogen-bond donors (Lipinski definition) is 1. The van der Waals surface area contributed by atoms with Gasteiger partial charge in [-0.2, -0.15) is 0 Å². The van der Waals surface area contributed by atoms with Crippen molar-refractivity contribution in [2.45, 2.75) is 26.2 Å². The average molecular weight is 333 g/mol. The van der Waals surface area contributed by atoms with Crippen LogP contribution < -0.4 is 5.32 Å². The van der Waals surface area contributed by atoms with Crippen molar-refractivity contribution in [3.63, 3.8) is 0 Å². The fraction of sp³-hybridized carbons (Fsp3) is 0.444. The van der Waals surface area contributed by atoms with E-state index in [0.717, 1.165) is 24.9 Å². The quantitative estimate of drug-likeness (QED) is 0.860. The highest BCUT2D eigenvalue weighted by molar-refractivity contribution is 6.30. The fourth-order valence-electron chi connectivity index (χ4n) is 2.74. The SMILES string of the molecule is CC#CC(=O)NCC1CCCN(C(=O)Cc2ccc(Cl)cc2)C1. The van der Waals surface area contributed by atoms with Crippen molar-refractivity contribution in [2.24, 2.45) is 5.92 Å². The Morgan fingerprint density at radius 2 is 2.09 bits per heavy atom. The number of likely N-dealkylation sites (tertiary alicyclic amines) is 1. The van der Waals surface area contributed by atoms with Crippen LogP contribution in [0.4, 0.5) is 0 Å². The van der Waals surface area contributed by atoms with Crippen LogP contribution in [-0.4, -0.2) is 36.3 Å². The Bertz CT molecular complexity index is 616. The number of hydrogen-bond acceptors (Lipinski definition) is 2. The third-order valence-electron chi connectivity index (χ3n) is 3.93. The molecule has 1 aromatic carbocycles. The average Bonchev–Trinajstić information content (AvgIpc) is 2.55. The molecule has 23 heavy (non-hydrogen) atoms. The molecule has 1 aromatic rings. The molecule has 0 aromatic heterocycles. The highest BCUT2D eigenvalue weighted by Crippen LogP contribution is 2.17. The summed E-state index contributed by atoms with van der Waals surface area (Å²) in [5, 5.41) is 3.47. The van der Waals surface area contributed by atoms with Gasteiger partial charge >= 0.3 is 0 Å². The third kappa shape index (κ3) is 5.61. The number of halogens is 1. The van der Waals surface area contributed by atoms with Crippen LogP contribution in [0.1, 0.15) is 25.3 Å². The van der Waals surface area contributed by atoms with Crippen molar-refractivity contribution in [1.29, 1.82) is 0 Å². The molecule has 1 N–H and O–H groups in total. The van der Waals surface area contributed by atoms with E-state index in [1.165, 1.54) is 0 Å². The van der Waals surface area contributed by atoms with Gasteiger partial charge in [0.05, 0.1) is 6.42 Å². The summed E-state index contributed by atoms with van der Waals surface area (Å²) in [6.45, 7) is 3.67. The van der Waals surface area contributed by atoms with Gasteiger partial charge in [-0.3, -0.25) is 9.59 Å². The predicted molar refractivity (Wildman–Crippen MR) is 90.9 cm³/mol. The normalized spacial score (nSPS) is 17.1. The van der Waals surface area contributed by atoms with E-state index >= 15 is 0 Å². The standard InChI is InChI=1S/C18H21ClN2O2/c1-2-4-17(22)20-12-15-5-3-10-21(13-15)18(23)11-14-6-8-16(19)9-7-14/h6-9,15H,3,5,10-13H2,1H3,(H,20,22). The first kappa shape index (κ1) is 17.4. The highest BCUT2D eigenvalue weighted by atomic mass is 35.5. The van der Waals surface area contributed by atoms with Crippen LogP contribution in [-0.2, 0) is 16.0 Å². The summed E-state index contributed by atoms with van der Waals surface area (Å²) in [5.41, 5.74) is 0.966. The van der Waals surface area contributed by atoms with Gasteiger partial charge in [0.25, 0.3) is 5.91 Å². The zero-order chi connectivity index (χ0) is 16.7. The highest BCUT2D eigenvalue weighted by Gasteiger charge is 2.23. The maximum atomic E-state index is 12.4. The van der Waals surface area contributed by atoms with Gasteiger partial charge in [0.1, 0.15) is 0 Å². The van der Waals surface area contributed by atoms with Gasteiger partial charge in [-0.1, -0.05) is 29.7 Å². The van der Waals surface area contributed by atoms with Gasteiger partial charge in [-0.05, 0) is 49.3 Å². The van der Waals surface area contributed by atoms with E-state index in [9.17, 15) is 9.59 Å². The Hall–Kier alpha value is -1.99. The molecule has 0 saturated carbocycles. The molecule has 1 aliphatic heterocycles. The molecule has 0 bridgehead atoms. The van der Waals surface area contributed by atoms with E-state index < -0.39 is 0 Å². The van der Waals surface area contributed by atoms with E-state index in [1.54, 1.807) is 19.1 Å². The summed E-state index contributed by atoms with van der Waals surface area (Å²) in [6, 6.07) is 7.36. The molecule has 0 radical (unpaired) electrons. The summed E-state index contributed by atoms with van der Waals surface area (Å²) in [7, 11) is 0. The Labute approximate surface area is 142 Å². The topological polar surface area (TPSA) is 49.4 Å². The third-order valence-corrected chi connectivity index (χ3v) is 4.18. The van der Waals surface area contributed by atoms with Crippen LogP contribution in [0.15, 0.2) is 24.3 Å². The van der Waals surface area contributed by atoms with Crippen molar-refractivity contribution in [1.82, 2.24) is 10.2 Å². The minimum absolute atomic E-state index is 0.122. The number of carbonyl (C=O) groups is 2. The molecule has 1 fully saturated rings. The molecule has 4 nitrogen and oxygen atoms in total. The number of piperidine rings is 1. The maximum Gasteiger partial charge on any atom is 0.295 e. The van der Waals surface area contributed by atoms with Gasteiger partial charge in [-0.15, -0.1) is 0 Å². The molecule has 0 aliphatic carbocycles. The first-order valence-electron chi connectivity index (χ1n) is 7.81. The van der Waals surface area contributed by atoms with Crippen LogP contribution in [0.25, 0.3) is 0 Å². The molecule has 5 heteroatoms. The molecule has 1 saturated heterocycles. The lowest BCUT2D eigenvalue weighted by Gasteiger charge is -2.33. The van der Waals surface area contributed by atoms with Gasteiger partial charge in [0, 0.05) is 24.7 Å². The lowest BCUT2D eigenvalue weighted by molar-refractivity contribution is -0.132. The molecular weight excluding hydrogens is 312 g/mol. The second-order valence-corrected chi connectivity index (χ2v) is 6.17. The minimum atomic E-state index is -0.253. The summed E-state index contributed by atoms with van der Waals surface area (Å²) in [4.78, 5) is 25.7. The predicted octanol–water partition coefficient (Wildman–Crippen LogP) is 2.26. The van der Waals surface area contributed by atoms with Crippen molar-refractivity contribution < 1.29 is 9.59 Å². The maximum absolute atomic E-state index is 12.4. The number of nitrogens with one attached hydrogen (secondary N) is 1. The van der Waals surface area contributed by atoms with E-state index in [2.05, 4.69) is 17.2 Å². The zero-order valence-corrected chi connectivity index (χ0v) is 14.0. The van der Waals surface area contributed by atoms with Crippen molar-refractivity contribution in [2.75, 3.05) is 19.6 Å². The molecule has 1 atom stereocenters. The largest absolute Gasteiger partial charge is 0.345 e. The molecule has 2 rings (SSSR count). The van der Waals surface area contributed by atoms with Crippen molar-refractivity contribution >= 4 is 23.4 Å². The van der Waals surface area contributed by atoms with Crippen molar-refractivity contribution in [3.05, 3.63) is 34.9 Å². The summed E-state index contributed by atoms with van der Waals surface area (Å²) in [6.07, 6.45) is 2.37. The Morgan fingerprint density at radius 1 is 1.35 bits per heavy atom. The molecular formula is C18H21ClN2O2. The number of rotatable bonds is 4. The Morgan fingerprint density at radius 3 is 2.78 bits per heavy atom. The van der Waals surface area contributed by atoms with E-state index in [-0.39, 0.29) is 11.8 Å². The molecule has 1 heterocycles. The van der Waals surface area contributed by atoms with Crippen LogP contribution in [0.2, 0.25) is 5.02 Å². The summed E-state index contributed by atoms with van der Waals surface area (Å²) < 4.78 is 0. The molecule has 122 valence electrons. The Balaban J connectivity index is 1.84. The summed E-state index contributed by atoms with van der Waals surface area (Å²) in [5.74, 6) is 5.20. The smallest absolute Gasteiger partial charge is 0.295 e. The van der Waals surface area contributed by atoms with Crippen LogP contribution in [0, 0.1) is 17.8 Å². The number of benzene rings is 1. The molecule has 1 aliphatic rings. The first-order chi connectivity index (χ1) is 11.1. The van der Waals surface area contributed by atoms with Crippen LogP contribution in [0.3, 0.4) is 0 Å². The number of nitrogens with zero attached hydrogens (tertiary/aromatic N) is 1. The van der Waals surface area contributed by atoms with E-state index in [4.69, 9.17) is 11.6 Å². The van der Waals surface area contributed by atoms with Gasteiger partial charge in [0.15, 0.2) is 0 Å². The van der Waals surface area contributed by atoms with Crippen LogP contribution in [0.5, 0.6) is 0 Å². The lowest BCUT2D eigenvalue weighted by Crippen LogP contribution is -2.44. The monoisotopic (exact) mass is 332 g/mol.